The van der Waals surface area contributed by atoms with Gasteiger partial charge in [-0.1, -0.05) is 97.1 Å². The van der Waals surface area contributed by atoms with E-state index in [1.165, 1.54) is 0 Å². The molecular weight excluding hydrogens is 640 g/mol. The van der Waals surface area contributed by atoms with Crippen LogP contribution in [0.1, 0.15) is 50.7 Å². The number of hydrogen-bond donors (Lipinski definition) is 3. The molecule has 0 aliphatic carbocycles. The maximum absolute atomic E-state index is 12.4. The Hall–Kier alpha value is -5.02. The van der Waals surface area contributed by atoms with E-state index in [-0.39, 0.29) is 24.2 Å². The second kappa shape index (κ2) is 21.3. The molecule has 2 amide bonds. The van der Waals surface area contributed by atoms with E-state index in [1.807, 2.05) is 114 Å². The fourth-order valence-corrected chi connectivity index (χ4v) is 6.14. The van der Waals surface area contributed by atoms with Gasteiger partial charge >= 0.3 is 12.2 Å². The van der Waals surface area contributed by atoms with Gasteiger partial charge in [-0.05, 0) is 80.8 Å². The van der Waals surface area contributed by atoms with Crippen molar-refractivity contribution in [3.05, 3.63) is 132 Å². The van der Waals surface area contributed by atoms with E-state index in [0.717, 1.165) is 67.8 Å². The molecule has 0 spiro atoms. The molecule has 4 aromatic carbocycles. The van der Waals surface area contributed by atoms with Crippen LogP contribution >= 0.6 is 0 Å². The van der Waals surface area contributed by atoms with E-state index in [9.17, 15) is 14.7 Å². The lowest BCUT2D eigenvalue weighted by atomic mass is 9.91. The monoisotopic (exact) mass is 694 g/mol. The van der Waals surface area contributed by atoms with Crippen molar-refractivity contribution in [2.75, 3.05) is 37.2 Å². The lowest BCUT2D eigenvalue weighted by Crippen LogP contribution is -2.44. The van der Waals surface area contributed by atoms with Crippen molar-refractivity contribution < 1.29 is 24.2 Å². The standard InChI is InChI=1S/C21H26N2O2.C15H21NO3.C6H7N/c1-17(22-20-12-6-3-7-13-20)19-11-8-14-23(15-19)21(24)25-16-18-9-4-2-5-10-18;1-12(17)14-8-5-9-16(10-14)15(18)19-11-13-6-3-2-4-7-13;7-6-4-2-1-3-5-6/h2-7,9-10,12-13,17,19,22H,8,11,14-16H2,1H3;2-4,6-7,12,14,17H,5,8-11H2,1H3;1-5H,7H2/t17-,19-;12-,14+;/m10./s1. The molecule has 4 aromatic rings. The number of nitrogens with one attached hydrogen (secondary N) is 1. The Bertz CT molecular complexity index is 1540. The number of rotatable bonds is 8. The minimum atomic E-state index is -0.371. The number of piperidine rings is 2. The molecule has 9 heteroatoms. The number of nitrogen functional groups attached to an aromatic ring is 1. The molecule has 2 aliphatic heterocycles. The number of ether oxygens (including phenoxy) is 2. The Balaban J connectivity index is 0.000000197. The van der Waals surface area contributed by atoms with E-state index in [4.69, 9.17) is 15.2 Å². The van der Waals surface area contributed by atoms with Crippen LogP contribution in [0.4, 0.5) is 21.0 Å². The van der Waals surface area contributed by atoms with Crippen LogP contribution < -0.4 is 11.1 Å². The average Bonchev–Trinajstić information content (AvgIpc) is 3.18. The Morgan fingerprint density at radius 1 is 0.686 bits per heavy atom. The van der Waals surface area contributed by atoms with Gasteiger partial charge in [-0.25, -0.2) is 9.59 Å². The van der Waals surface area contributed by atoms with Crippen LogP contribution in [0, 0.1) is 11.8 Å². The average molecular weight is 695 g/mol. The Morgan fingerprint density at radius 3 is 1.53 bits per heavy atom. The summed E-state index contributed by atoms with van der Waals surface area (Å²) in [7, 11) is 0. The largest absolute Gasteiger partial charge is 0.445 e. The number of likely N-dealkylation sites (tertiary alicyclic amines) is 2. The van der Waals surface area contributed by atoms with Gasteiger partial charge in [-0.15, -0.1) is 0 Å². The zero-order valence-electron chi connectivity index (χ0n) is 30.0. The van der Waals surface area contributed by atoms with Gasteiger partial charge in [0.15, 0.2) is 0 Å². The molecule has 2 heterocycles. The summed E-state index contributed by atoms with van der Waals surface area (Å²) in [4.78, 5) is 27.9. The lowest BCUT2D eigenvalue weighted by molar-refractivity contribution is 0.0449. The predicted octanol–water partition coefficient (Wildman–Crippen LogP) is 8.22. The third-order valence-electron chi connectivity index (χ3n) is 9.20. The van der Waals surface area contributed by atoms with Crippen LogP contribution in [0.25, 0.3) is 0 Å². The molecule has 51 heavy (non-hydrogen) atoms. The number of amides is 2. The Labute approximate surface area is 303 Å². The zero-order chi connectivity index (χ0) is 36.3. The van der Waals surface area contributed by atoms with Crippen molar-refractivity contribution in [1.82, 2.24) is 9.80 Å². The summed E-state index contributed by atoms with van der Waals surface area (Å²) in [5.74, 6) is 0.594. The Kier molecular flexibility index (Phi) is 16.2. The molecule has 0 aromatic heterocycles. The first-order valence-electron chi connectivity index (χ1n) is 18.0. The van der Waals surface area contributed by atoms with Gasteiger partial charge in [0.2, 0.25) is 0 Å². The molecule has 2 aliphatic rings. The second-order valence-electron chi connectivity index (χ2n) is 13.2. The Morgan fingerprint density at radius 2 is 1.10 bits per heavy atom. The van der Waals surface area contributed by atoms with Crippen LogP contribution in [0.3, 0.4) is 0 Å². The predicted molar refractivity (Wildman–Crippen MR) is 204 cm³/mol. The van der Waals surface area contributed by atoms with Crippen molar-refractivity contribution in [3.63, 3.8) is 0 Å². The molecule has 0 radical (unpaired) electrons. The van der Waals surface area contributed by atoms with E-state index in [1.54, 1.807) is 11.8 Å². The van der Waals surface area contributed by atoms with Crippen molar-refractivity contribution in [2.24, 2.45) is 11.8 Å². The number of aliphatic hydroxyl groups is 1. The summed E-state index contributed by atoms with van der Waals surface area (Å²) >= 11 is 0. The van der Waals surface area contributed by atoms with Gasteiger partial charge in [0.25, 0.3) is 0 Å². The number of carbonyl (C=O) groups is 2. The van der Waals surface area contributed by atoms with E-state index in [0.29, 0.717) is 31.7 Å². The number of aliphatic hydroxyl groups excluding tert-OH is 1. The fraction of sp³-hybridized carbons (Fsp3) is 0.381. The first-order chi connectivity index (χ1) is 24.8. The van der Waals surface area contributed by atoms with E-state index < -0.39 is 0 Å². The first-order valence-corrected chi connectivity index (χ1v) is 18.0. The van der Waals surface area contributed by atoms with E-state index >= 15 is 0 Å². The van der Waals surface area contributed by atoms with Gasteiger partial charge in [0, 0.05) is 49.5 Å². The zero-order valence-corrected chi connectivity index (χ0v) is 30.0. The highest BCUT2D eigenvalue weighted by molar-refractivity contribution is 5.68. The van der Waals surface area contributed by atoms with Gasteiger partial charge in [0.05, 0.1) is 6.10 Å². The molecular formula is C42H54N4O5. The number of benzene rings is 4. The third kappa shape index (κ3) is 14.0. The highest BCUT2D eigenvalue weighted by Gasteiger charge is 2.29. The van der Waals surface area contributed by atoms with Gasteiger partial charge in [-0.3, -0.25) is 0 Å². The molecule has 0 unspecified atom stereocenters. The molecule has 272 valence electrons. The number of hydrogen-bond acceptors (Lipinski definition) is 7. The summed E-state index contributed by atoms with van der Waals surface area (Å²) in [5.41, 5.74) is 9.31. The van der Waals surface area contributed by atoms with Crippen molar-refractivity contribution in [3.8, 4) is 0 Å². The maximum Gasteiger partial charge on any atom is 0.410 e. The number of para-hydroxylation sites is 2. The normalized spacial score (nSPS) is 18.0. The highest BCUT2D eigenvalue weighted by Crippen LogP contribution is 2.23. The molecule has 4 atom stereocenters. The molecule has 0 saturated carbocycles. The number of anilines is 2. The topological polar surface area (TPSA) is 117 Å². The summed E-state index contributed by atoms with van der Waals surface area (Å²) in [6.07, 6.45) is 3.19. The minimum absolute atomic E-state index is 0.165. The number of nitrogens with zero attached hydrogens (tertiary/aromatic N) is 2. The van der Waals surface area contributed by atoms with Crippen molar-refractivity contribution in [2.45, 2.75) is 64.9 Å². The lowest BCUT2D eigenvalue weighted by Gasteiger charge is -2.35. The summed E-state index contributed by atoms with van der Waals surface area (Å²) in [6, 6.07) is 39.5. The van der Waals surface area contributed by atoms with Crippen LogP contribution in [0.5, 0.6) is 0 Å². The van der Waals surface area contributed by atoms with Crippen molar-refractivity contribution in [1.29, 1.82) is 0 Å². The fourth-order valence-electron chi connectivity index (χ4n) is 6.14. The quantitative estimate of drug-likeness (QED) is 0.159. The van der Waals surface area contributed by atoms with Gasteiger partial charge in [0.1, 0.15) is 13.2 Å². The van der Waals surface area contributed by atoms with Crippen LogP contribution in [0.2, 0.25) is 0 Å². The molecule has 2 fully saturated rings. The smallest absolute Gasteiger partial charge is 0.410 e. The summed E-state index contributed by atoms with van der Waals surface area (Å²) in [6.45, 7) is 7.44. The van der Waals surface area contributed by atoms with Crippen molar-refractivity contribution >= 4 is 23.6 Å². The maximum atomic E-state index is 12.4. The molecule has 4 N–H and O–H groups in total. The second-order valence-corrected chi connectivity index (χ2v) is 13.2. The SMILES string of the molecule is C[C@@H](Nc1ccccc1)[C@@H]1CCCN(C(=O)OCc2ccccc2)C1.C[C@H](O)[C@@H]1CCCN(C(=O)OCc2ccccc2)C1.Nc1ccccc1. The van der Waals surface area contributed by atoms with Gasteiger partial charge in [-0.2, -0.15) is 0 Å². The molecule has 9 nitrogen and oxygen atoms in total. The van der Waals surface area contributed by atoms with Crippen LogP contribution in [0.15, 0.2) is 121 Å². The van der Waals surface area contributed by atoms with Crippen LogP contribution in [-0.2, 0) is 22.7 Å². The minimum Gasteiger partial charge on any atom is -0.445 e. The molecule has 0 bridgehead atoms. The molecule has 2 saturated heterocycles. The van der Waals surface area contributed by atoms with E-state index in [2.05, 4.69) is 24.4 Å². The van der Waals surface area contributed by atoms with Crippen LogP contribution in [-0.4, -0.2) is 65.4 Å². The molecule has 6 rings (SSSR count). The number of carbonyl (C=O) groups excluding carboxylic acids is 2. The summed E-state index contributed by atoms with van der Waals surface area (Å²) in [5, 5.41) is 13.2. The first kappa shape index (κ1) is 38.8. The highest BCUT2D eigenvalue weighted by atomic mass is 16.6. The third-order valence-corrected chi connectivity index (χ3v) is 9.20. The number of nitrogens with two attached hydrogens (primary N) is 1. The summed E-state index contributed by atoms with van der Waals surface area (Å²) < 4.78 is 10.8. The van der Waals surface area contributed by atoms with Gasteiger partial charge < -0.3 is 35.4 Å².